The maximum Gasteiger partial charge on any atom is 0.128 e. The predicted molar refractivity (Wildman–Crippen MR) is 73.7 cm³/mol. The summed E-state index contributed by atoms with van der Waals surface area (Å²) < 4.78 is 13.9. The average molecular weight is 249 g/mol. The molecule has 0 aromatic heterocycles. The van der Waals surface area contributed by atoms with E-state index in [0.29, 0.717) is 11.5 Å². The SMILES string of the molecule is CCC1CCC(C(C)(N)c2ccccc2F)CC1. The lowest BCUT2D eigenvalue weighted by atomic mass is 9.69. The van der Waals surface area contributed by atoms with E-state index in [2.05, 4.69) is 6.92 Å². The Morgan fingerprint density at radius 3 is 2.39 bits per heavy atom. The number of nitrogens with two attached hydrogens (primary N) is 1. The summed E-state index contributed by atoms with van der Waals surface area (Å²) in [6, 6.07) is 6.95. The number of rotatable bonds is 3. The molecule has 18 heavy (non-hydrogen) atoms. The first-order valence-electron chi connectivity index (χ1n) is 7.09. The second kappa shape index (κ2) is 5.40. The Bertz CT molecular complexity index is 392. The standard InChI is InChI=1S/C16H24FN/c1-3-12-8-10-13(11-9-12)16(2,18)14-6-4-5-7-15(14)17/h4-7,12-13H,3,8-11,18H2,1-2H3. The maximum absolute atomic E-state index is 13.9. The second-order valence-electron chi connectivity index (χ2n) is 5.89. The zero-order valence-electron chi connectivity index (χ0n) is 11.5. The highest BCUT2D eigenvalue weighted by Gasteiger charge is 2.36. The quantitative estimate of drug-likeness (QED) is 0.853. The molecule has 0 amide bonds. The van der Waals surface area contributed by atoms with Crippen LogP contribution in [0.3, 0.4) is 0 Å². The molecule has 100 valence electrons. The van der Waals surface area contributed by atoms with Crippen molar-refractivity contribution in [1.29, 1.82) is 0 Å². The van der Waals surface area contributed by atoms with Crippen LogP contribution in [0.2, 0.25) is 0 Å². The summed E-state index contributed by atoms with van der Waals surface area (Å²) in [7, 11) is 0. The third-order valence-corrected chi connectivity index (χ3v) is 4.73. The van der Waals surface area contributed by atoms with Gasteiger partial charge in [0.15, 0.2) is 0 Å². The predicted octanol–water partition coefficient (Wildman–Crippen LogP) is 4.22. The minimum absolute atomic E-state index is 0.167. The van der Waals surface area contributed by atoms with Crippen LogP contribution in [-0.2, 0) is 5.54 Å². The van der Waals surface area contributed by atoms with Crippen LogP contribution in [0.1, 0.15) is 51.5 Å². The highest BCUT2D eigenvalue weighted by atomic mass is 19.1. The Hall–Kier alpha value is -0.890. The first kappa shape index (κ1) is 13.5. The van der Waals surface area contributed by atoms with Gasteiger partial charge < -0.3 is 5.73 Å². The summed E-state index contributed by atoms with van der Waals surface area (Å²) >= 11 is 0. The van der Waals surface area contributed by atoms with E-state index in [1.54, 1.807) is 6.07 Å². The maximum atomic E-state index is 13.9. The Morgan fingerprint density at radius 2 is 1.83 bits per heavy atom. The lowest BCUT2D eigenvalue weighted by Gasteiger charge is -2.39. The van der Waals surface area contributed by atoms with E-state index in [1.807, 2.05) is 19.1 Å². The fourth-order valence-corrected chi connectivity index (χ4v) is 3.29. The molecule has 1 aromatic rings. The Morgan fingerprint density at radius 1 is 1.22 bits per heavy atom. The fraction of sp³-hybridized carbons (Fsp3) is 0.625. The Balaban J connectivity index is 2.14. The summed E-state index contributed by atoms with van der Waals surface area (Å²) in [5, 5.41) is 0. The number of hydrogen-bond donors (Lipinski definition) is 1. The molecule has 0 radical (unpaired) electrons. The summed E-state index contributed by atoms with van der Waals surface area (Å²) in [5.74, 6) is 1.08. The van der Waals surface area contributed by atoms with Crippen molar-refractivity contribution in [2.75, 3.05) is 0 Å². The van der Waals surface area contributed by atoms with Crippen LogP contribution >= 0.6 is 0 Å². The van der Waals surface area contributed by atoms with E-state index in [-0.39, 0.29) is 5.82 Å². The topological polar surface area (TPSA) is 26.0 Å². The summed E-state index contributed by atoms with van der Waals surface area (Å²) in [6.45, 7) is 4.24. The molecular weight excluding hydrogens is 225 g/mol. The number of benzene rings is 1. The van der Waals surface area contributed by atoms with E-state index < -0.39 is 5.54 Å². The van der Waals surface area contributed by atoms with Gasteiger partial charge in [-0.25, -0.2) is 4.39 Å². The van der Waals surface area contributed by atoms with Gasteiger partial charge in [-0.3, -0.25) is 0 Å². The van der Waals surface area contributed by atoms with Crippen LogP contribution in [0.4, 0.5) is 4.39 Å². The largest absolute Gasteiger partial charge is 0.321 e. The lowest BCUT2D eigenvalue weighted by Crippen LogP contribution is -2.43. The summed E-state index contributed by atoms with van der Waals surface area (Å²) in [5.41, 5.74) is 6.59. The van der Waals surface area contributed by atoms with E-state index in [0.717, 1.165) is 18.8 Å². The first-order chi connectivity index (χ1) is 8.55. The molecule has 0 saturated heterocycles. The van der Waals surface area contributed by atoms with Crippen LogP contribution < -0.4 is 5.73 Å². The van der Waals surface area contributed by atoms with Gasteiger partial charge in [-0.15, -0.1) is 0 Å². The van der Waals surface area contributed by atoms with Crippen molar-refractivity contribution in [2.24, 2.45) is 17.6 Å². The lowest BCUT2D eigenvalue weighted by molar-refractivity contribution is 0.180. The zero-order chi connectivity index (χ0) is 13.2. The smallest absolute Gasteiger partial charge is 0.128 e. The van der Waals surface area contributed by atoms with Gasteiger partial charge in [-0.05, 0) is 37.7 Å². The third-order valence-electron chi connectivity index (χ3n) is 4.73. The van der Waals surface area contributed by atoms with Gasteiger partial charge >= 0.3 is 0 Å². The molecule has 1 fully saturated rings. The van der Waals surface area contributed by atoms with Crippen molar-refractivity contribution >= 4 is 0 Å². The molecule has 0 heterocycles. The highest BCUT2D eigenvalue weighted by Crippen LogP contribution is 2.40. The van der Waals surface area contributed by atoms with Crippen molar-refractivity contribution in [3.8, 4) is 0 Å². The van der Waals surface area contributed by atoms with Crippen molar-refractivity contribution in [1.82, 2.24) is 0 Å². The summed E-state index contributed by atoms with van der Waals surface area (Å²) in [6.07, 6.45) is 5.98. The van der Waals surface area contributed by atoms with Crippen LogP contribution in [0.5, 0.6) is 0 Å². The minimum atomic E-state index is -0.538. The normalized spacial score (nSPS) is 27.8. The van der Waals surface area contributed by atoms with E-state index >= 15 is 0 Å². The van der Waals surface area contributed by atoms with Crippen LogP contribution in [0, 0.1) is 17.7 Å². The molecule has 2 heteroatoms. The van der Waals surface area contributed by atoms with Gasteiger partial charge in [-0.1, -0.05) is 44.4 Å². The number of halogens is 1. The van der Waals surface area contributed by atoms with Gasteiger partial charge in [0.05, 0.1) is 0 Å². The minimum Gasteiger partial charge on any atom is -0.321 e. The second-order valence-corrected chi connectivity index (χ2v) is 5.89. The fourth-order valence-electron chi connectivity index (χ4n) is 3.29. The molecule has 1 aliphatic rings. The molecule has 0 bridgehead atoms. The van der Waals surface area contributed by atoms with Crippen LogP contribution in [0.25, 0.3) is 0 Å². The molecule has 1 aliphatic carbocycles. The van der Waals surface area contributed by atoms with Gasteiger partial charge in [0, 0.05) is 11.1 Å². The molecule has 1 nitrogen and oxygen atoms in total. The molecule has 1 saturated carbocycles. The van der Waals surface area contributed by atoms with Crippen molar-refractivity contribution in [3.63, 3.8) is 0 Å². The van der Waals surface area contributed by atoms with Gasteiger partial charge in [0.25, 0.3) is 0 Å². The van der Waals surface area contributed by atoms with Crippen molar-refractivity contribution < 1.29 is 4.39 Å². The van der Waals surface area contributed by atoms with E-state index in [1.165, 1.54) is 25.3 Å². The van der Waals surface area contributed by atoms with Crippen LogP contribution in [0.15, 0.2) is 24.3 Å². The molecule has 1 aromatic carbocycles. The summed E-state index contributed by atoms with van der Waals surface area (Å²) in [4.78, 5) is 0. The van der Waals surface area contributed by atoms with Gasteiger partial charge in [-0.2, -0.15) is 0 Å². The average Bonchev–Trinajstić information content (AvgIpc) is 2.39. The molecule has 2 rings (SSSR count). The Kier molecular flexibility index (Phi) is 4.06. The van der Waals surface area contributed by atoms with Gasteiger partial charge in [0.2, 0.25) is 0 Å². The van der Waals surface area contributed by atoms with Crippen molar-refractivity contribution in [2.45, 2.75) is 51.5 Å². The molecule has 0 aliphatic heterocycles. The first-order valence-corrected chi connectivity index (χ1v) is 7.09. The molecular formula is C16H24FN. The Labute approximate surface area is 110 Å². The van der Waals surface area contributed by atoms with Gasteiger partial charge in [0.1, 0.15) is 5.82 Å². The van der Waals surface area contributed by atoms with E-state index in [4.69, 9.17) is 5.73 Å². The molecule has 2 N–H and O–H groups in total. The highest BCUT2D eigenvalue weighted by molar-refractivity contribution is 5.26. The number of hydrogen-bond acceptors (Lipinski definition) is 1. The van der Waals surface area contributed by atoms with Crippen LogP contribution in [-0.4, -0.2) is 0 Å². The monoisotopic (exact) mass is 249 g/mol. The zero-order valence-corrected chi connectivity index (χ0v) is 11.5. The van der Waals surface area contributed by atoms with E-state index in [9.17, 15) is 4.39 Å². The third kappa shape index (κ3) is 2.59. The van der Waals surface area contributed by atoms with Crippen molar-refractivity contribution in [3.05, 3.63) is 35.6 Å². The molecule has 0 spiro atoms. The molecule has 1 unspecified atom stereocenters. The molecule has 1 atom stereocenters.